The average Bonchev–Trinajstić information content (AvgIpc) is 2.32. The SMILES string of the molecule is Fc1cncc(-c2ccncc2)c1OC(F)F. The van der Waals surface area contributed by atoms with Crippen molar-refractivity contribution in [2.75, 3.05) is 0 Å². The minimum Gasteiger partial charge on any atom is -0.431 e. The van der Waals surface area contributed by atoms with E-state index in [1.165, 1.54) is 18.6 Å². The molecule has 0 aliphatic rings. The lowest BCUT2D eigenvalue weighted by Crippen LogP contribution is -2.05. The summed E-state index contributed by atoms with van der Waals surface area (Å²) in [4.78, 5) is 7.39. The third-order valence-corrected chi connectivity index (χ3v) is 2.05. The van der Waals surface area contributed by atoms with Crippen LogP contribution in [-0.4, -0.2) is 16.6 Å². The maximum absolute atomic E-state index is 13.4. The molecule has 0 aliphatic carbocycles. The minimum absolute atomic E-state index is 0.160. The first-order chi connectivity index (χ1) is 8.18. The number of aromatic nitrogens is 2. The molecule has 2 aromatic heterocycles. The predicted octanol–water partition coefficient (Wildman–Crippen LogP) is 2.88. The molecule has 0 spiro atoms. The van der Waals surface area contributed by atoms with E-state index in [0.29, 0.717) is 5.56 Å². The van der Waals surface area contributed by atoms with Gasteiger partial charge in [0.15, 0.2) is 11.6 Å². The highest BCUT2D eigenvalue weighted by Crippen LogP contribution is 2.32. The van der Waals surface area contributed by atoms with Gasteiger partial charge in [0.25, 0.3) is 0 Å². The average molecular weight is 240 g/mol. The molecular formula is C11H7F3N2O. The predicted molar refractivity (Wildman–Crippen MR) is 54.1 cm³/mol. The molecule has 2 aromatic rings. The van der Waals surface area contributed by atoms with Gasteiger partial charge in [-0.2, -0.15) is 8.78 Å². The molecule has 2 rings (SSSR count). The van der Waals surface area contributed by atoms with E-state index in [2.05, 4.69) is 14.7 Å². The first-order valence-electron chi connectivity index (χ1n) is 4.67. The minimum atomic E-state index is -3.09. The summed E-state index contributed by atoms with van der Waals surface area (Å²) in [6.07, 6.45) is 5.01. The number of pyridine rings is 2. The molecule has 6 heteroatoms. The Bertz CT molecular complexity index is 505. The van der Waals surface area contributed by atoms with E-state index in [1.54, 1.807) is 12.1 Å². The van der Waals surface area contributed by atoms with Gasteiger partial charge in [-0.3, -0.25) is 9.97 Å². The first kappa shape index (κ1) is 11.4. The van der Waals surface area contributed by atoms with Crippen LogP contribution in [0.2, 0.25) is 0 Å². The molecule has 0 radical (unpaired) electrons. The Labute approximate surface area is 94.9 Å². The van der Waals surface area contributed by atoms with Gasteiger partial charge < -0.3 is 4.74 Å². The molecule has 88 valence electrons. The quantitative estimate of drug-likeness (QED) is 0.827. The highest BCUT2D eigenvalue weighted by atomic mass is 19.3. The van der Waals surface area contributed by atoms with Crippen LogP contribution in [-0.2, 0) is 0 Å². The second-order valence-electron chi connectivity index (χ2n) is 3.11. The van der Waals surface area contributed by atoms with Crippen LogP contribution in [0.15, 0.2) is 36.9 Å². The summed E-state index contributed by atoms with van der Waals surface area (Å²) in [6.45, 7) is -3.09. The molecular weight excluding hydrogens is 233 g/mol. The standard InChI is InChI=1S/C11H7F3N2O/c12-9-6-16-5-8(10(9)17-11(13)14)7-1-3-15-4-2-7/h1-6,11H. The van der Waals surface area contributed by atoms with Crippen LogP contribution in [0.1, 0.15) is 0 Å². The lowest BCUT2D eigenvalue weighted by atomic mass is 10.1. The van der Waals surface area contributed by atoms with Crippen molar-refractivity contribution in [2.24, 2.45) is 0 Å². The number of hydrogen-bond donors (Lipinski definition) is 0. The van der Waals surface area contributed by atoms with Gasteiger partial charge >= 0.3 is 6.61 Å². The lowest BCUT2D eigenvalue weighted by molar-refractivity contribution is -0.0518. The summed E-state index contributed by atoms with van der Waals surface area (Å²) < 4.78 is 41.9. The lowest BCUT2D eigenvalue weighted by Gasteiger charge is -2.10. The Hall–Kier alpha value is -2.11. The molecule has 0 unspecified atom stereocenters. The fourth-order valence-corrected chi connectivity index (χ4v) is 1.37. The maximum Gasteiger partial charge on any atom is 0.387 e. The highest BCUT2D eigenvalue weighted by molar-refractivity contribution is 5.69. The summed E-state index contributed by atoms with van der Waals surface area (Å²) in [7, 11) is 0. The normalized spacial score (nSPS) is 10.6. The monoisotopic (exact) mass is 240 g/mol. The number of ether oxygens (including phenoxy) is 1. The number of hydrogen-bond acceptors (Lipinski definition) is 3. The van der Waals surface area contributed by atoms with Crippen LogP contribution >= 0.6 is 0 Å². The Kier molecular flexibility index (Phi) is 3.22. The van der Waals surface area contributed by atoms with Gasteiger partial charge in [0, 0.05) is 24.2 Å². The molecule has 2 heterocycles. The second kappa shape index (κ2) is 4.82. The summed E-state index contributed by atoms with van der Waals surface area (Å²) in [6, 6.07) is 3.10. The molecule has 0 N–H and O–H groups in total. The number of nitrogens with zero attached hydrogens (tertiary/aromatic N) is 2. The van der Waals surface area contributed by atoms with E-state index in [1.807, 2.05) is 0 Å². The van der Waals surface area contributed by atoms with Gasteiger partial charge in [0.2, 0.25) is 0 Å². The molecule has 0 fully saturated rings. The van der Waals surface area contributed by atoms with E-state index in [0.717, 1.165) is 6.20 Å². The van der Waals surface area contributed by atoms with Crippen LogP contribution in [0, 0.1) is 5.82 Å². The van der Waals surface area contributed by atoms with Gasteiger partial charge in [-0.1, -0.05) is 0 Å². The van der Waals surface area contributed by atoms with Gasteiger partial charge in [0.05, 0.1) is 6.20 Å². The Morgan fingerprint density at radius 2 is 1.76 bits per heavy atom. The van der Waals surface area contributed by atoms with Crippen LogP contribution in [0.25, 0.3) is 11.1 Å². The maximum atomic E-state index is 13.4. The molecule has 0 bridgehead atoms. The van der Waals surface area contributed by atoms with Crippen molar-refractivity contribution in [2.45, 2.75) is 6.61 Å². The first-order valence-corrected chi connectivity index (χ1v) is 4.67. The second-order valence-corrected chi connectivity index (χ2v) is 3.11. The van der Waals surface area contributed by atoms with Crippen LogP contribution < -0.4 is 4.74 Å². The molecule has 0 aliphatic heterocycles. The van der Waals surface area contributed by atoms with E-state index in [9.17, 15) is 13.2 Å². The van der Waals surface area contributed by atoms with E-state index >= 15 is 0 Å². The summed E-state index contributed by atoms with van der Waals surface area (Å²) in [5.41, 5.74) is 0.662. The van der Waals surface area contributed by atoms with Crippen molar-refractivity contribution in [1.29, 1.82) is 0 Å². The largest absolute Gasteiger partial charge is 0.431 e. The van der Waals surface area contributed by atoms with Crippen LogP contribution in [0.3, 0.4) is 0 Å². The highest BCUT2D eigenvalue weighted by Gasteiger charge is 2.16. The van der Waals surface area contributed by atoms with Crippen molar-refractivity contribution in [3.8, 4) is 16.9 Å². The summed E-state index contributed by atoms with van der Waals surface area (Å²) >= 11 is 0. The molecule has 3 nitrogen and oxygen atoms in total. The zero-order chi connectivity index (χ0) is 12.3. The van der Waals surface area contributed by atoms with Crippen LogP contribution in [0.4, 0.5) is 13.2 Å². The van der Waals surface area contributed by atoms with Crippen molar-refractivity contribution in [3.63, 3.8) is 0 Å². The van der Waals surface area contributed by atoms with Crippen molar-refractivity contribution in [1.82, 2.24) is 9.97 Å². The smallest absolute Gasteiger partial charge is 0.387 e. The van der Waals surface area contributed by atoms with Gasteiger partial charge in [0.1, 0.15) is 0 Å². The molecule has 17 heavy (non-hydrogen) atoms. The molecule has 0 amide bonds. The summed E-state index contributed by atoms with van der Waals surface area (Å²) in [5, 5.41) is 0. The van der Waals surface area contributed by atoms with Gasteiger partial charge in [-0.05, 0) is 17.7 Å². The fraction of sp³-hybridized carbons (Fsp3) is 0.0909. The number of rotatable bonds is 3. The molecule has 0 saturated carbocycles. The summed E-state index contributed by atoms with van der Waals surface area (Å²) in [5.74, 6) is -1.44. The molecule has 0 aromatic carbocycles. The zero-order valence-electron chi connectivity index (χ0n) is 8.48. The van der Waals surface area contributed by atoms with Crippen molar-refractivity contribution in [3.05, 3.63) is 42.7 Å². The zero-order valence-corrected chi connectivity index (χ0v) is 8.48. The Morgan fingerprint density at radius 1 is 1.06 bits per heavy atom. The molecule has 0 atom stereocenters. The van der Waals surface area contributed by atoms with E-state index in [-0.39, 0.29) is 5.56 Å². The topological polar surface area (TPSA) is 35.0 Å². The molecule has 0 saturated heterocycles. The van der Waals surface area contributed by atoms with E-state index < -0.39 is 18.2 Å². The van der Waals surface area contributed by atoms with Gasteiger partial charge in [-0.15, -0.1) is 0 Å². The van der Waals surface area contributed by atoms with Crippen molar-refractivity contribution < 1.29 is 17.9 Å². The third kappa shape index (κ3) is 2.52. The Balaban J connectivity index is 2.50. The fourth-order valence-electron chi connectivity index (χ4n) is 1.37. The third-order valence-electron chi connectivity index (χ3n) is 2.05. The Morgan fingerprint density at radius 3 is 2.41 bits per heavy atom. The van der Waals surface area contributed by atoms with E-state index in [4.69, 9.17) is 0 Å². The van der Waals surface area contributed by atoms with Gasteiger partial charge in [-0.25, -0.2) is 4.39 Å². The van der Waals surface area contributed by atoms with Crippen molar-refractivity contribution >= 4 is 0 Å². The number of alkyl halides is 2. The number of halogens is 3. The van der Waals surface area contributed by atoms with Crippen LogP contribution in [0.5, 0.6) is 5.75 Å².